The van der Waals surface area contributed by atoms with Crippen LogP contribution < -0.4 is 5.73 Å². The average Bonchev–Trinajstić information content (AvgIpc) is 3.07. The predicted molar refractivity (Wildman–Crippen MR) is 194 cm³/mol. The van der Waals surface area contributed by atoms with Crippen LogP contribution in [0.5, 0.6) is 0 Å². The lowest BCUT2D eigenvalue weighted by atomic mass is 10.1. The van der Waals surface area contributed by atoms with Gasteiger partial charge in [-0.2, -0.15) is 0 Å². The molecule has 3 atom stereocenters. The number of hydrogen-bond acceptors (Lipinski definition) is 9. The molecule has 0 aliphatic carbocycles. The molecule has 0 bridgehead atoms. The Morgan fingerprint density at radius 2 is 1.08 bits per heavy atom. The number of phosphoric acid groups is 1. The summed E-state index contributed by atoms with van der Waals surface area (Å²) in [5, 5.41) is 8.84. The Balaban J connectivity index is 4.45. The van der Waals surface area contributed by atoms with E-state index in [1.807, 2.05) is 0 Å². The maximum Gasteiger partial charge on any atom is 0.472 e. The van der Waals surface area contributed by atoms with Gasteiger partial charge in [-0.15, -0.1) is 0 Å². The third kappa shape index (κ3) is 32.9. The molecular formula is C37H68NO10P. The lowest BCUT2D eigenvalue weighted by molar-refractivity contribution is -0.161. The van der Waals surface area contributed by atoms with Gasteiger partial charge in [0, 0.05) is 12.8 Å². The lowest BCUT2D eigenvalue weighted by Gasteiger charge is -2.20. The first kappa shape index (κ1) is 47.0. The molecule has 0 aliphatic heterocycles. The van der Waals surface area contributed by atoms with Crippen LogP contribution in [0, 0.1) is 0 Å². The monoisotopic (exact) mass is 717 g/mol. The van der Waals surface area contributed by atoms with Crippen molar-refractivity contribution in [2.75, 3.05) is 19.8 Å². The van der Waals surface area contributed by atoms with Gasteiger partial charge in [0.25, 0.3) is 0 Å². The molecule has 0 aliphatic rings. The Kier molecular flexibility index (Phi) is 31.7. The number of hydrogen-bond donors (Lipinski definition) is 3. The summed E-state index contributed by atoms with van der Waals surface area (Å²) in [6.07, 6.45) is 31.1. The molecule has 49 heavy (non-hydrogen) atoms. The van der Waals surface area contributed by atoms with Crippen molar-refractivity contribution in [3.8, 4) is 0 Å². The second-order valence-electron chi connectivity index (χ2n) is 12.7. The SMILES string of the molecule is CCCCCC/C=C\C/C=C\CCCCCCCC(=O)OC(COC(=O)CCCCCCCCCCC)COP(=O)(O)OCC(N)C(=O)O. The highest BCUT2D eigenvalue weighted by Crippen LogP contribution is 2.43. The summed E-state index contributed by atoms with van der Waals surface area (Å²) in [6, 6.07) is -1.52. The summed E-state index contributed by atoms with van der Waals surface area (Å²) in [5.41, 5.74) is 5.31. The summed E-state index contributed by atoms with van der Waals surface area (Å²) in [5.74, 6) is -2.40. The Hall–Kier alpha value is -2.04. The van der Waals surface area contributed by atoms with Crippen molar-refractivity contribution in [2.45, 2.75) is 174 Å². The van der Waals surface area contributed by atoms with Gasteiger partial charge >= 0.3 is 25.7 Å². The van der Waals surface area contributed by atoms with Crippen LogP contribution in [0.15, 0.2) is 24.3 Å². The zero-order valence-corrected chi connectivity index (χ0v) is 31.4. The summed E-state index contributed by atoms with van der Waals surface area (Å²) in [6.45, 7) is 2.72. The maximum absolute atomic E-state index is 12.5. The Morgan fingerprint density at radius 3 is 1.61 bits per heavy atom. The van der Waals surface area contributed by atoms with Gasteiger partial charge in [-0.3, -0.25) is 23.4 Å². The molecule has 286 valence electrons. The number of carbonyl (C=O) groups excluding carboxylic acids is 2. The van der Waals surface area contributed by atoms with Crippen molar-refractivity contribution in [3.05, 3.63) is 24.3 Å². The second-order valence-corrected chi connectivity index (χ2v) is 14.2. The first-order valence-electron chi connectivity index (χ1n) is 18.9. The van der Waals surface area contributed by atoms with E-state index in [0.29, 0.717) is 12.8 Å². The maximum atomic E-state index is 12.5. The minimum Gasteiger partial charge on any atom is -0.480 e. The zero-order valence-electron chi connectivity index (χ0n) is 30.5. The number of carboxylic acids is 1. The molecular weight excluding hydrogens is 649 g/mol. The Morgan fingerprint density at radius 1 is 0.633 bits per heavy atom. The standard InChI is InChI=1S/C37H68NO10P/c1-3-5-7-9-11-13-14-15-16-17-18-19-21-23-25-27-29-36(40)48-33(31-46-49(43,44)47-32-34(38)37(41)42)30-45-35(39)28-26-24-22-20-12-10-8-6-4-2/h13-14,16-17,33-34H,3-12,15,18-32,38H2,1-2H3,(H,41,42)(H,43,44)/b14-13-,17-16-. The van der Waals surface area contributed by atoms with Crippen molar-refractivity contribution in [3.63, 3.8) is 0 Å². The molecule has 12 heteroatoms. The third-order valence-electron chi connectivity index (χ3n) is 7.95. The largest absolute Gasteiger partial charge is 0.480 e. The van der Waals surface area contributed by atoms with E-state index in [9.17, 15) is 23.8 Å². The van der Waals surface area contributed by atoms with Crippen molar-refractivity contribution < 1.29 is 47.5 Å². The topological polar surface area (TPSA) is 172 Å². The van der Waals surface area contributed by atoms with Gasteiger partial charge in [-0.25, -0.2) is 4.57 Å². The number of esters is 2. The van der Waals surface area contributed by atoms with Crippen LogP contribution in [0.2, 0.25) is 0 Å². The zero-order chi connectivity index (χ0) is 36.4. The quantitative estimate of drug-likeness (QED) is 0.0247. The lowest BCUT2D eigenvalue weighted by Crippen LogP contribution is -2.34. The van der Waals surface area contributed by atoms with Gasteiger partial charge in [0.2, 0.25) is 0 Å². The van der Waals surface area contributed by atoms with Gasteiger partial charge < -0.3 is 25.2 Å². The summed E-state index contributed by atoms with van der Waals surface area (Å²) >= 11 is 0. The van der Waals surface area contributed by atoms with Crippen LogP contribution >= 0.6 is 7.82 Å². The molecule has 0 aromatic carbocycles. The summed E-state index contributed by atoms with van der Waals surface area (Å²) in [4.78, 5) is 45.6. The van der Waals surface area contributed by atoms with Crippen LogP contribution in [-0.2, 0) is 37.5 Å². The number of phosphoric ester groups is 1. The number of carbonyl (C=O) groups is 3. The van der Waals surface area contributed by atoms with Crippen LogP contribution in [0.25, 0.3) is 0 Å². The number of rotatable bonds is 35. The molecule has 0 saturated carbocycles. The number of unbranched alkanes of at least 4 members (excludes halogenated alkanes) is 17. The van der Waals surface area contributed by atoms with E-state index < -0.39 is 51.1 Å². The summed E-state index contributed by atoms with van der Waals surface area (Å²) < 4.78 is 32.5. The van der Waals surface area contributed by atoms with Crippen molar-refractivity contribution in [1.82, 2.24) is 0 Å². The van der Waals surface area contributed by atoms with Gasteiger partial charge in [0.15, 0.2) is 6.10 Å². The van der Waals surface area contributed by atoms with Crippen LogP contribution in [0.4, 0.5) is 0 Å². The molecule has 4 N–H and O–H groups in total. The molecule has 0 heterocycles. The highest BCUT2D eigenvalue weighted by molar-refractivity contribution is 7.47. The van der Waals surface area contributed by atoms with Gasteiger partial charge in [-0.05, 0) is 44.9 Å². The van der Waals surface area contributed by atoms with Crippen LogP contribution in [0.3, 0.4) is 0 Å². The molecule has 11 nitrogen and oxygen atoms in total. The predicted octanol–water partition coefficient (Wildman–Crippen LogP) is 9.11. The molecule has 0 saturated heterocycles. The van der Waals surface area contributed by atoms with Crippen LogP contribution in [-0.4, -0.2) is 59.9 Å². The average molecular weight is 718 g/mol. The normalized spacial score (nSPS) is 14.2. The van der Waals surface area contributed by atoms with E-state index in [1.54, 1.807) is 0 Å². The number of aliphatic carboxylic acids is 1. The van der Waals surface area contributed by atoms with Crippen LogP contribution in [0.1, 0.15) is 162 Å². The summed E-state index contributed by atoms with van der Waals surface area (Å²) in [7, 11) is -4.71. The molecule has 0 spiro atoms. The first-order chi connectivity index (χ1) is 23.6. The van der Waals surface area contributed by atoms with Crippen molar-refractivity contribution in [1.29, 1.82) is 0 Å². The van der Waals surface area contributed by atoms with E-state index in [-0.39, 0.29) is 19.4 Å². The highest BCUT2D eigenvalue weighted by atomic mass is 31.2. The Bertz CT molecular complexity index is 942. The minimum absolute atomic E-state index is 0.147. The fraction of sp³-hybridized carbons (Fsp3) is 0.811. The molecule has 0 radical (unpaired) electrons. The van der Waals surface area contributed by atoms with Gasteiger partial charge in [0.05, 0.1) is 13.2 Å². The van der Waals surface area contributed by atoms with Crippen molar-refractivity contribution in [2.24, 2.45) is 5.73 Å². The fourth-order valence-electron chi connectivity index (χ4n) is 4.92. The van der Waals surface area contributed by atoms with Crippen molar-refractivity contribution >= 4 is 25.7 Å². The highest BCUT2D eigenvalue weighted by Gasteiger charge is 2.28. The van der Waals surface area contributed by atoms with E-state index in [1.165, 1.54) is 57.8 Å². The molecule has 0 amide bonds. The van der Waals surface area contributed by atoms with Gasteiger partial charge in [-0.1, -0.05) is 128 Å². The van der Waals surface area contributed by atoms with E-state index in [2.05, 4.69) is 42.7 Å². The molecule has 3 unspecified atom stereocenters. The Labute approximate surface area is 296 Å². The molecule has 0 aromatic heterocycles. The number of nitrogens with two attached hydrogens (primary N) is 1. The number of allylic oxidation sites excluding steroid dienone is 4. The minimum atomic E-state index is -4.71. The van der Waals surface area contributed by atoms with E-state index in [0.717, 1.165) is 64.2 Å². The first-order valence-corrected chi connectivity index (χ1v) is 20.4. The molecule has 0 fully saturated rings. The molecule has 0 aromatic rings. The van der Waals surface area contributed by atoms with E-state index >= 15 is 0 Å². The number of carboxylic acid groups (broad SMARTS) is 1. The molecule has 0 rings (SSSR count). The van der Waals surface area contributed by atoms with Gasteiger partial charge in [0.1, 0.15) is 12.6 Å². The van der Waals surface area contributed by atoms with E-state index in [4.69, 9.17) is 24.8 Å². The third-order valence-corrected chi connectivity index (χ3v) is 8.90. The fourth-order valence-corrected chi connectivity index (χ4v) is 5.70. The smallest absolute Gasteiger partial charge is 0.472 e. The number of ether oxygens (including phenoxy) is 2. The second kappa shape index (κ2) is 33.1.